The van der Waals surface area contributed by atoms with Crippen molar-refractivity contribution in [2.75, 3.05) is 0 Å². The number of aromatic nitrogens is 1. The SMILES string of the molecule is C=C/C=c1/c(C)cncc1=C. The zero-order valence-electron chi connectivity index (χ0n) is 6.67. The molecular formula is C10H11N. The molecule has 1 heterocycles. The Morgan fingerprint density at radius 1 is 1.45 bits per heavy atom. The van der Waals surface area contributed by atoms with E-state index in [4.69, 9.17) is 0 Å². The first-order valence-corrected chi connectivity index (χ1v) is 3.48. The molecule has 0 fully saturated rings. The maximum absolute atomic E-state index is 4.01. The molecule has 0 aliphatic carbocycles. The van der Waals surface area contributed by atoms with Gasteiger partial charge in [0, 0.05) is 12.4 Å². The molecule has 0 saturated heterocycles. The molecule has 56 valence electrons. The van der Waals surface area contributed by atoms with Gasteiger partial charge in [-0.3, -0.25) is 4.98 Å². The summed E-state index contributed by atoms with van der Waals surface area (Å²) in [5.74, 6) is 0. The molecule has 0 N–H and O–H groups in total. The minimum atomic E-state index is 0.949. The lowest BCUT2D eigenvalue weighted by Gasteiger charge is -1.91. The molecule has 0 radical (unpaired) electrons. The molecule has 1 aromatic heterocycles. The third kappa shape index (κ3) is 1.55. The zero-order chi connectivity index (χ0) is 8.27. The first-order valence-electron chi connectivity index (χ1n) is 3.48. The first-order chi connectivity index (χ1) is 5.25. The van der Waals surface area contributed by atoms with Crippen molar-refractivity contribution >= 4 is 12.7 Å². The predicted octanol–water partition coefficient (Wildman–Crippen LogP) is 0.767. The molecule has 0 amide bonds. The Bertz CT molecular complexity index is 363. The van der Waals surface area contributed by atoms with Crippen molar-refractivity contribution in [3.63, 3.8) is 0 Å². The Morgan fingerprint density at radius 2 is 2.18 bits per heavy atom. The van der Waals surface area contributed by atoms with Crippen LogP contribution < -0.4 is 10.4 Å². The lowest BCUT2D eigenvalue weighted by Crippen LogP contribution is -2.25. The van der Waals surface area contributed by atoms with Crippen molar-refractivity contribution in [3.05, 3.63) is 41.0 Å². The Labute approximate surface area is 66.4 Å². The van der Waals surface area contributed by atoms with Gasteiger partial charge in [-0.25, -0.2) is 0 Å². The lowest BCUT2D eigenvalue weighted by molar-refractivity contribution is 1.21. The van der Waals surface area contributed by atoms with Gasteiger partial charge in [0.2, 0.25) is 0 Å². The summed E-state index contributed by atoms with van der Waals surface area (Å²) >= 11 is 0. The smallest absolute Gasteiger partial charge is 0.0340 e. The fourth-order valence-electron chi connectivity index (χ4n) is 0.988. The van der Waals surface area contributed by atoms with E-state index in [1.807, 2.05) is 19.2 Å². The van der Waals surface area contributed by atoms with Gasteiger partial charge in [0.15, 0.2) is 0 Å². The van der Waals surface area contributed by atoms with Crippen LogP contribution >= 0.6 is 0 Å². The minimum absolute atomic E-state index is 0.949. The van der Waals surface area contributed by atoms with Crippen LogP contribution in [0.3, 0.4) is 0 Å². The molecule has 0 aliphatic heterocycles. The number of hydrogen-bond donors (Lipinski definition) is 0. The molecular weight excluding hydrogens is 134 g/mol. The lowest BCUT2D eigenvalue weighted by atomic mass is 10.2. The van der Waals surface area contributed by atoms with E-state index in [2.05, 4.69) is 18.1 Å². The van der Waals surface area contributed by atoms with E-state index < -0.39 is 0 Å². The van der Waals surface area contributed by atoms with E-state index in [-0.39, 0.29) is 0 Å². The zero-order valence-corrected chi connectivity index (χ0v) is 6.67. The Hall–Kier alpha value is -1.37. The maximum Gasteiger partial charge on any atom is 0.0340 e. The second-order valence-corrected chi connectivity index (χ2v) is 2.43. The van der Waals surface area contributed by atoms with Crippen LogP contribution in [-0.2, 0) is 0 Å². The molecule has 0 saturated carbocycles. The number of rotatable bonds is 1. The first kappa shape index (κ1) is 7.73. The van der Waals surface area contributed by atoms with Crippen LogP contribution in [0.15, 0.2) is 25.0 Å². The van der Waals surface area contributed by atoms with Crippen LogP contribution in [0.25, 0.3) is 12.7 Å². The Kier molecular flexibility index (Phi) is 2.21. The van der Waals surface area contributed by atoms with Gasteiger partial charge in [0.25, 0.3) is 0 Å². The summed E-state index contributed by atoms with van der Waals surface area (Å²) in [6.07, 6.45) is 7.28. The van der Waals surface area contributed by atoms with Gasteiger partial charge < -0.3 is 0 Å². The van der Waals surface area contributed by atoms with Crippen LogP contribution in [0, 0.1) is 6.92 Å². The van der Waals surface area contributed by atoms with E-state index >= 15 is 0 Å². The van der Waals surface area contributed by atoms with Crippen LogP contribution in [0.4, 0.5) is 0 Å². The van der Waals surface area contributed by atoms with Crippen molar-refractivity contribution in [1.29, 1.82) is 0 Å². The standard InChI is InChI=1S/C10H11N/c1-4-5-10-8(2)6-11-7-9(10)3/h4-7H,1-2H2,3H3/b10-5+. The average Bonchev–Trinajstić information content (AvgIpc) is 1.97. The second kappa shape index (κ2) is 3.15. The fourth-order valence-corrected chi connectivity index (χ4v) is 0.988. The van der Waals surface area contributed by atoms with Crippen LogP contribution in [0.5, 0.6) is 0 Å². The third-order valence-electron chi connectivity index (χ3n) is 1.55. The number of pyridine rings is 1. The molecule has 1 nitrogen and oxygen atoms in total. The van der Waals surface area contributed by atoms with Gasteiger partial charge in [-0.15, -0.1) is 0 Å². The van der Waals surface area contributed by atoms with E-state index in [0.717, 1.165) is 16.0 Å². The summed E-state index contributed by atoms with van der Waals surface area (Å²) in [6.45, 7) is 9.50. The number of nitrogens with zero attached hydrogens (tertiary/aromatic N) is 1. The highest BCUT2D eigenvalue weighted by atomic mass is 14.6. The summed E-state index contributed by atoms with van der Waals surface area (Å²) < 4.78 is 0. The largest absolute Gasteiger partial charge is 0.264 e. The van der Waals surface area contributed by atoms with E-state index in [9.17, 15) is 0 Å². The van der Waals surface area contributed by atoms with Gasteiger partial charge >= 0.3 is 0 Å². The summed E-state index contributed by atoms with van der Waals surface area (Å²) in [5.41, 5.74) is 1.14. The predicted molar refractivity (Wildman–Crippen MR) is 48.4 cm³/mol. The van der Waals surface area contributed by atoms with Crippen LogP contribution in [0.2, 0.25) is 0 Å². The van der Waals surface area contributed by atoms with Gasteiger partial charge in [-0.2, -0.15) is 0 Å². The molecule has 0 unspecified atom stereocenters. The topological polar surface area (TPSA) is 12.9 Å². The quantitative estimate of drug-likeness (QED) is 0.568. The third-order valence-corrected chi connectivity index (χ3v) is 1.55. The van der Waals surface area contributed by atoms with Crippen molar-refractivity contribution in [2.24, 2.45) is 0 Å². The highest BCUT2D eigenvalue weighted by Crippen LogP contribution is 1.78. The summed E-state index contributed by atoms with van der Waals surface area (Å²) in [5, 5.41) is 2.07. The van der Waals surface area contributed by atoms with Crippen molar-refractivity contribution in [3.8, 4) is 0 Å². The van der Waals surface area contributed by atoms with Crippen LogP contribution in [-0.4, -0.2) is 4.98 Å². The highest BCUT2D eigenvalue weighted by molar-refractivity contribution is 5.38. The second-order valence-electron chi connectivity index (χ2n) is 2.43. The van der Waals surface area contributed by atoms with Gasteiger partial charge in [0.1, 0.15) is 0 Å². The number of allylic oxidation sites excluding steroid dienone is 1. The normalized spacial score (nSPS) is 11.5. The highest BCUT2D eigenvalue weighted by Gasteiger charge is 1.86. The van der Waals surface area contributed by atoms with Crippen molar-refractivity contribution in [2.45, 2.75) is 6.92 Å². The summed E-state index contributed by atoms with van der Waals surface area (Å²) in [7, 11) is 0. The van der Waals surface area contributed by atoms with Crippen molar-refractivity contribution < 1.29 is 0 Å². The summed E-state index contributed by atoms with van der Waals surface area (Å²) in [4.78, 5) is 4.01. The molecule has 0 atom stereocenters. The van der Waals surface area contributed by atoms with E-state index in [0.29, 0.717) is 0 Å². The van der Waals surface area contributed by atoms with E-state index in [1.54, 1.807) is 12.3 Å². The Morgan fingerprint density at radius 3 is 2.73 bits per heavy atom. The van der Waals surface area contributed by atoms with Gasteiger partial charge in [0.05, 0.1) is 0 Å². The molecule has 0 aliphatic rings. The fraction of sp³-hybridized carbons (Fsp3) is 0.100. The molecule has 1 rings (SSSR count). The van der Waals surface area contributed by atoms with Crippen LogP contribution in [0.1, 0.15) is 5.56 Å². The van der Waals surface area contributed by atoms with Gasteiger partial charge in [-0.1, -0.05) is 25.3 Å². The average molecular weight is 145 g/mol. The van der Waals surface area contributed by atoms with Crippen molar-refractivity contribution in [1.82, 2.24) is 4.98 Å². The molecule has 0 bridgehead atoms. The molecule has 0 spiro atoms. The molecule has 0 aromatic carbocycles. The molecule has 1 heteroatoms. The van der Waals surface area contributed by atoms with E-state index in [1.165, 1.54) is 0 Å². The molecule has 1 aromatic rings. The molecule has 11 heavy (non-hydrogen) atoms. The summed E-state index contributed by atoms with van der Waals surface area (Å²) in [6, 6.07) is 0. The number of aryl methyl sites for hydroxylation is 1. The Balaban J connectivity index is 3.57. The maximum atomic E-state index is 4.01. The minimum Gasteiger partial charge on any atom is -0.264 e. The number of hydrogen-bond acceptors (Lipinski definition) is 1. The monoisotopic (exact) mass is 145 g/mol. The van der Waals surface area contributed by atoms with Gasteiger partial charge in [-0.05, 0) is 22.9 Å².